The molecule has 0 saturated heterocycles. The number of aliphatic hydroxyl groups excluding tert-OH is 1. The number of aryl methyl sites for hydroxylation is 1. The van der Waals surface area contributed by atoms with E-state index in [2.05, 4.69) is 17.6 Å². The minimum atomic E-state index is -0.686. The number of benzene rings is 2. The summed E-state index contributed by atoms with van der Waals surface area (Å²) in [5, 5.41) is 10.9. The molecule has 1 atom stereocenters. The fourth-order valence-corrected chi connectivity index (χ4v) is 3.37. The van der Waals surface area contributed by atoms with E-state index in [1.165, 1.54) is 32.1 Å². The highest BCUT2D eigenvalue weighted by Crippen LogP contribution is 2.26. The lowest BCUT2D eigenvalue weighted by molar-refractivity contribution is 0.205. The van der Waals surface area contributed by atoms with Crippen molar-refractivity contribution in [1.82, 2.24) is 9.55 Å². The first kappa shape index (κ1) is 17.7. The van der Waals surface area contributed by atoms with Crippen LogP contribution >= 0.6 is 0 Å². The van der Waals surface area contributed by atoms with E-state index in [1.54, 1.807) is 0 Å². The third-order valence-corrected chi connectivity index (χ3v) is 4.78. The van der Waals surface area contributed by atoms with Crippen molar-refractivity contribution < 1.29 is 5.11 Å². The fourth-order valence-electron chi connectivity index (χ4n) is 3.37. The van der Waals surface area contributed by atoms with E-state index in [9.17, 15) is 5.11 Å². The van der Waals surface area contributed by atoms with Gasteiger partial charge >= 0.3 is 0 Å². The molecule has 0 radical (unpaired) electrons. The smallest absolute Gasteiger partial charge is 0.143 e. The number of unbranched alkanes of at least 4 members (excludes halogenated alkanes) is 5. The van der Waals surface area contributed by atoms with E-state index >= 15 is 0 Å². The highest BCUT2D eigenvalue weighted by molar-refractivity contribution is 5.76. The number of aromatic nitrogens is 2. The second-order valence-corrected chi connectivity index (χ2v) is 6.69. The summed E-state index contributed by atoms with van der Waals surface area (Å²) in [6.07, 6.45) is 6.88. The molecule has 0 aliphatic rings. The SMILES string of the molecule is CCCCCCCCn1c(C(O)c2ccccc2)nc2ccccc21. The van der Waals surface area contributed by atoms with Crippen LogP contribution in [0.1, 0.15) is 62.9 Å². The number of fused-ring (bicyclic) bond motifs is 1. The van der Waals surface area contributed by atoms with Gasteiger partial charge in [-0.05, 0) is 24.1 Å². The Hall–Kier alpha value is -2.13. The van der Waals surface area contributed by atoms with Crippen molar-refractivity contribution in [3.63, 3.8) is 0 Å². The number of rotatable bonds is 9. The van der Waals surface area contributed by atoms with Crippen LogP contribution in [0.15, 0.2) is 54.6 Å². The molecule has 3 nitrogen and oxygen atoms in total. The van der Waals surface area contributed by atoms with Crippen LogP contribution in [-0.2, 0) is 6.54 Å². The standard InChI is InChI=1S/C22H28N2O/c1-2-3-4-5-6-12-17-24-20-16-11-10-15-19(20)23-22(24)21(25)18-13-8-7-9-14-18/h7-11,13-16,21,25H,2-6,12,17H2,1H3. The molecular weight excluding hydrogens is 308 g/mol. The molecule has 0 bridgehead atoms. The molecule has 1 unspecified atom stereocenters. The van der Waals surface area contributed by atoms with Gasteiger partial charge in [-0.1, -0.05) is 81.5 Å². The lowest BCUT2D eigenvalue weighted by Gasteiger charge is -2.14. The van der Waals surface area contributed by atoms with E-state index in [1.807, 2.05) is 48.5 Å². The molecule has 25 heavy (non-hydrogen) atoms. The van der Waals surface area contributed by atoms with Gasteiger partial charge in [-0.25, -0.2) is 4.98 Å². The Morgan fingerprint density at radius 2 is 1.56 bits per heavy atom. The van der Waals surface area contributed by atoms with Crippen LogP contribution < -0.4 is 0 Å². The summed E-state index contributed by atoms with van der Waals surface area (Å²) >= 11 is 0. The number of hydrogen-bond acceptors (Lipinski definition) is 2. The highest BCUT2D eigenvalue weighted by Gasteiger charge is 2.19. The maximum absolute atomic E-state index is 10.9. The average molecular weight is 336 g/mol. The average Bonchev–Trinajstić information content (AvgIpc) is 3.03. The second kappa shape index (κ2) is 8.82. The van der Waals surface area contributed by atoms with Gasteiger partial charge < -0.3 is 9.67 Å². The van der Waals surface area contributed by atoms with E-state index in [0.29, 0.717) is 0 Å². The van der Waals surface area contributed by atoms with Crippen molar-refractivity contribution in [2.45, 2.75) is 58.1 Å². The van der Waals surface area contributed by atoms with E-state index in [-0.39, 0.29) is 0 Å². The number of hydrogen-bond donors (Lipinski definition) is 1. The summed E-state index contributed by atoms with van der Waals surface area (Å²) in [4.78, 5) is 4.73. The van der Waals surface area contributed by atoms with Crippen molar-refractivity contribution in [2.24, 2.45) is 0 Å². The van der Waals surface area contributed by atoms with Gasteiger partial charge in [-0.2, -0.15) is 0 Å². The van der Waals surface area contributed by atoms with Crippen LogP contribution in [0.25, 0.3) is 11.0 Å². The van der Waals surface area contributed by atoms with Crippen LogP contribution in [0.3, 0.4) is 0 Å². The molecule has 3 aromatic rings. The fraction of sp³-hybridized carbons (Fsp3) is 0.409. The Bertz CT molecular complexity index is 779. The molecular formula is C22H28N2O. The Morgan fingerprint density at radius 1 is 0.880 bits per heavy atom. The summed E-state index contributed by atoms with van der Waals surface area (Å²) in [6, 6.07) is 18.0. The Kier molecular flexibility index (Phi) is 6.24. The molecule has 132 valence electrons. The van der Waals surface area contributed by atoms with Gasteiger partial charge in [0.15, 0.2) is 0 Å². The predicted molar refractivity (Wildman–Crippen MR) is 104 cm³/mol. The molecule has 0 aliphatic heterocycles. The van der Waals surface area contributed by atoms with Gasteiger partial charge in [0.2, 0.25) is 0 Å². The first-order chi connectivity index (χ1) is 12.3. The van der Waals surface area contributed by atoms with Crippen molar-refractivity contribution in [2.75, 3.05) is 0 Å². The van der Waals surface area contributed by atoms with Crippen molar-refractivity contribution in [3.05, 3.63) is 66.0 Å². The van der Waals surface area contributed by atoms with Crippen molar-refractivity contribution in [1.29, 1.82) is 0 Å². The van der Waals surface area contributed by atoms with Crippen LogP contribution in [0, 0.1) is 0 Å². The van der Waals surface area contributed by atoms with E-state index < -0.39 is 6.10 Å². The van der Waals surface area contributed by atoms with Crippen molar-refractivity contribution in [3.8, 4) is 0 Å². The lowest BCUT2D eigenvalue weighted by Crippen LogP contribution is -2.10. The number of imidazole rings is 1. The third-order valence-electron chi connectivity index (χ3n) is 4.78. The molecule has 3 rings (SSSR count). The van der Waals surface area contributed by atoms with Gasteiger partial charge in [0.1, 0.15) is 11.9 Å². The Labute approximate surface area is 150 Å². The lowest BCUT2D eigenvalue weighted by atomic mass is 10.1. The first-order valence-corrected chi connectivity index (χ1v) is 9.49. The topological polar surface area (TPSA) is 38.0 Å². The maximum atomic E-state index is 10.9. The minimum Gasteiger partial charge on any atom is -0.380 e. The number of para-hydroxylation sites is 2. The minimum absolute atomic E-state index is 0.686. The maximum Gasteiger partial charge on any atom is 0.143 e. The molecule has 2 aromatic carbocycles. The molecule has 0 aliphatic carbocycles. The number of aliphatic hydroxyl groups is 1. The molecule has 0 saturated carbocycles. The Morgan fingerprint density at radius 3 is 2.36 bits per heavy atom. The largest absolute Gasteiger partial charge is 0.380 e. The summed E-state index contributed by atoms with van der Waals surface area (Å²) < 4.78 is 2.20. The first-order valence-electron chi connectivity index (χ1n) is 9.49. The molecule has 3 heteroatoms. The summed E-state index contributed by atoms with van der Waals surface area (Å²) in [5.41, 5.74) is 2.96. The zero-order valence-electron chi connectivity index (χ0n) is 15.1. The third kappa shape index (κ3) is 4.29. The zero-order valence-corrected chi connectivity index (χ0v) is 15.1. The predicted octanol–water partition coefficient (Wildman–Crippen LogP) is 5.48. The zero-order chi connectivity index (χ0) is 17.5. The summed E-state index contributed by atoms with van der Waals surface area (Å²) in [7, 11) is 0. The summed E-state index contributed by atoms with van der Waals surface area (Å²) in [5.74, 6) is 0.751. The van der Waals surface area contributed by atoms with Crippen LogP contribution in [0.4, 0.5) is 0 Å². The Balaban J connectivity index is 1.80. The van der Waals surface area contributed by atoms with Gasteiger partial charge in [0.05, 0.1) is 11.0 Å². The monoisotopic (exact) mass is 336 g/mol. The van der Waals surface area contributed by atoms with Gasteiger partial charge in [0, 0.05) is 6.54 Å². The normalized spacial score (nSPS) is 12.6. The van der Waals surface area contributed by atoms with E-state index in [0.717, 1.165) is 35.4 Å². The quantitative estimate of drug-likeness (QED) is 0.526. The molecule has 1 heterocycles. The van der Waals surface area contributed by atoms with Crippen LogP contribution in [-0.4, -0.2) is 14.7 Å². The highest BCUT2D eigenvalue weighted by atomic mass is 16.3. The van der Waals surface area contributed by atoms with Crippen molar-refractivity contribution >= 4 is 11.0 Å². The molecule has 1 aromatic heterocycles. The second-order valence-electron chi connectivity index (χ2n) is 6.69. The van der Waals surface area contributed by atoms with Gasteiger partial charge in [-0.15, -0.1) is 0 Å². The molecule has 0 spiro atoms. The molecule has 1 N–H and O–H groups in total. The van der Waals surface area contributed by atoms with Gasteiger partial charge in [-0.3, -0.25) is 0 Å². The molecule has 0 fully saturated rings. The molecule has 0 amide bonds. The van der Waals surface area contributed by atoms with Crippen LogP contribution in [0.5, 0.6) is 0 Å². The van der Waals surface area contributed by atoms with Gasteiger partial charge in [0.25, 0.3) is 0 Å². The summed E-state index contributed by atoms with van der Waals surface area (Å²) in [6.45, 7) is 3.15. The van der Waals surface area contributed by atoms with E-state index in [4.69, 9.17) is 4.98 Å². The van der Waals surface area contributed by atoms with Crippen LogP contribution in [0.2, 0.25) is 0 Å². The number of nitrogens with zero attached hydrogens (tertiary/aromatic N) is 2.